The first-order valence-electron chi connectivity index (χ1n) is 4.00. The van der Waals surface area contributed by atoms with E-state index in [-0.39, 0.29) is 10.8 Å². The van der Waals surface area contributed by atoms with Crippen LogP contribution in [0.25, 0.3) is 0 Å². The molecule has 1 aromatic carbocycles. The fourth-order valence-electron chi connectivity index (χ4n) is 0.985. The number of H-pyrrole nitrogens is 1. The third-order valence-corrected chi connectivity index (χ3v) is 4.20. The van der Waals surface area contributed by atoms with Gasteiger partial charge in [0.05, 0.1) is 0 Å². The van der Waals surface area contributed by atoms with Crippen LogP contribution in [0.1, 0.15) is 0 Å². The molecule has 0 fully saturated rings. The topological polar surface area (TPSA) is 53.1 Å². The van der Waals surface area contributed by atoms with Crippen LogP contribution in [0.15, 0.2) is 42.6 Å². The van der Waals surface area contributed by atoms with Gasteiger partial charge >= 0.3 is 4.87 Å². The standard InChI is InChI=1S/C9H6BrNO2S2/c10-5-1-3-6(4-2-5)14-8-7(12)11-9(13)15-8/h1-4,12H,(H,11,13). The number of thiazole rings is 1. The summed E-state index contributed by atoms with van der Waals surface area (Å²) in [5.74, 6) is -0.0575. The maximum atomic E-state index is 10.9. The van der Waals surface area contributed by atoms with Crippen molar-refractivity contribution in [3.63, 3.8) is 0 Å². The summed E-state index contributed by atoms with van der Waals surface area (Å²) >= 11 is 5.70. The molecule has 0 spiro atoms. The molecule has 0 amide bonds. The smallest absolute Gasteiger partial charge is 0.308 e. The van der Waals surface area contributed by atoms with E-state index >= 15 is 0 Å². The SMILES string of the molecule is O=c1[nH]c(O)c(Sc2ccc(Br)cc2)s1. The Balaban J connectivity index is 2.25. The second-order valence-corrected chi connectivity index (χ2v) is 5.95. The van der Waals surface area contributed by atoms with Crippen molar-refractivity contribution in [1.82, 2.24) is 4.98 Å². The molecule has 0 unspecified atom stereocenters. The summed E-state index contributed by atoms with van der Waals surface area (Å²) in [6, 6.07) is 7.65. The van der Waals surface area contributed by atoms with Gasteiger partial charge in [0, 0.05) is 9.37 Å². The van der Waals surface area contributed by atoms with Gasteiger partial charge in [-0.05, 0) is 24.3 Å². The third-order valence-electron chi connectivity index (χ3n) is 1.62. The Morgan fingerprint density at radius 3 is 2.53 bits per heavy atom. The van der Waals surface area contributed by atoms with Crippen LogP contribution in [-0.4, -0.2) is 10.1 Å². The molecule has 15 heavy (non-hydrogen) atoms. The molecule has 0 saturated heterocycles. The zero-order valence-electron chi connectivity index (χ0n) is 7.36. The van der Waals surface area contributed by atoms with E-state index in [0.29, 0.717) is 4.21 Å². The molecule has 0 aliphatic carbocycles. The van der Waals surface area contributed by atoms with E-state index in [1.807, 2.05) is 24.3 Å². The molecular formula is C9H6BrNO2S2. The number of hydrogen-bond acceptors (Lipinski definition) is 4. The molecule has 2 rings (SSSR count). The van der Waals surface area contributed by atoms with Crippen LogP contribution >= 0.6 is 39.0 Å². The highest BCUT2D eigenvalue weighted by atomic mass is 79.9. The molecule has 0 aliphatic heterocycles. The Bertz CT molecular complexity index is 518. The highest BCUT2D eigenvalue weighted by Crippen LogP contribution is 2.35. The van der Waals surface area contributed by atoms with Gasteiger partial charge in [0.15, 0.2) is 0 Å². The minimum Gasteiger partial charge on any atom is -0.493 e. The van der Waals surface area contributed by atoms with E-state index in [9.17, 15) is 9.90 Å². The number of benzene rings is 1. The van der Waals surface area contributed by atoms with Gasteiger partial charge in [0.25, 0.3) is 0 Å². The van der Waals surface area contributed by atoms with Gasteiger partial charge in [-0.25, -0.2) is 0 Å². The minimum atomic E-state index is -0.243. The van der Waals surface area contributed by atoms with E-state index in [1.54, 1.807) is 0 Å². The third kappa shape index (κ3) is 2.64. The first kappa shape index (κ1) is 10.8. The molecule has 3 nitrogen and oxygen atoms in total. The van der Waals surface area contributed by atoms with Crippen LogP contribution in [0.2, 0.25) is 0 Å². The second kappa shape index (κ2) is 4.42. The first-order valence-corrected chi connectivity index (χ1v) is 6.43. The van der Waals surface area contributed by atoms with Crippen molar-refractivity contribution in [2.75, 3.05) is 0 Å². The molecule has 0 atom stereocenters. The predicted molar refractivity (Wildman–Crippen MR) is 64.9 cm³/mol. The van der Waals surface area contributed by atoms with E-state index in [1.165, 1.54) is 11.8 Å². The zero-order chi connectivity index (χ0) is 10.8. The molecule has 78 valence electrons. The average molecular weight is 304 g/mol. The fourth-order valence-corrected chi connectivity index (χ4v) is 3.03. The first-order chi connectivity index (χ1) is 7.15. The summed E-state index contributed by atoms with van der Waals surface area (Å²) in [5.41, 5.74) is 0. The molecule has 2 aromatic rings. The van der Waals surface area contributed by atoms with Gasteiger partial charge in [-0.2, -0.15) is 0 Å². The lowest BCUT2D eigenvalue weighted by molar-refractivity contribution is 0.445. The summed E-state index contributed by atoms with van der Waals surface area (Å²) in [6.07, 6.45) is 0. The summed E-state index contributed by atoms with van der Waals surface area (Å²) in [5, 5.41) is 9.37. The van der Waals surface area contributed by atoms with Crippen LogP contribution in [0.4, 0.5) is 0 Å². The van der Waals surface area contributed by atoms with E-state index in [4.69, 9.17) is 0 Å². The second-order valence-electron chi connectivity index (χ2n) is 2.71. The van der Waals surface area contributed by atoms with Crippen molar-refractivity contribution >= 4 is 39.0 Å². The van der Waals surface area contributed by atoms with Gasteiger partial charge in [-0.1, -0.05) is 39.0 Å². The van der Waals surface area contributed by atoms with Crippen molar-refractivity contribution in [3.05, 3.63) is 38.4 Å². The number of hydrogen-bond donors (Lipinski definition) is 2. The van der Waals surface area contributed by atoms with Crippen LogP contribution in [0.5, 0.6) is 5.88 Å². The Morgan fingerprint density at radius 1 is 1.33 bits per heavy atom. The molecule has 2 N–H and O–H groups in total. The quantitative estimate of drug-likeness (QED) is 0.896. The Morgan fingerprint density at radius 2 is 2.00 bits per heavy atom. The summed E-state index contributed by atoms with van der Waals surface area (Å²) < 4.78 is 1.58. The Hall–Kier alpha value is -0.720. The van der Waals surface area contributed by atoms with Gasteiger partial charge in [0.2, 0.25) is 5.88 Å². The monoisotopic (exact) mass is 303 g/mol. The minimum absolute atomic E-state index is 0.0575. The predicted octanol–water partition coefficient (Wildman–Crippen LogP) is 3.06. The van der Waals surface area contributed by atoms with Crippen molar-refractivity contribution in [2.24, 2.45) is 0 Å². The van der Waals surface area contributed by atoms with Gasteiger partial charge < -0.3 is 5.11 Å². The maximum absolute atomic E-state index is 10.9. The van der Waals surface area contributed by atoms with Gasteiger partial charge in [-0.15, -0.1) is 0 Å². The van der Waals surface area contributed by atoms with E-state index in [2.05, 4.69) is 20.9 Å². The molecule has 1 aromatic heterocycles. The normalized spacial score (nSPS) is 10.5. The molecule has 0 bridgehead atoms. The Labute approximate surface area is 102 Å². The number of aromatic hydroxyl groups is 1. The molecule has 0 saturated carbocycles. The van der Waals surface area contributed by atoms with E-state index < -0.39 is 0 Å². The lowest BCUT2D eigenvalue weighted by atomic mass is 10.4. The fraction of sp³-hybridized carbons (Fsp3) is 0. The largest absolute Gasteiger partial charge is 0.493 e. The summed E-state index contributed by atoms with van der Waals surface area (Å²) in [6.45, 7) is 0. The van der Waals surface area contributed by atoms with Crippen LogP contribution in [0.3, 0.4) is 0 Å². The Kier molecular flexibility index (Phi) is 3.18. The lowest BCUT2D eigenvalue weighted by Crippen LogP contribution is -1.89. The van der Waals surface area contributed by atoms with E-state index in [0.717, 1.165) is 20.7 Å². The van der Waals surface area contributed by atoms with Crippen LogP contribution < -0.4 is 4.87 Å². The highest BCUT2D eigenvalue weighted by molar-refractivity contribution is 9.10. The van der Waals surface area contributed by atoms with Crippen molar-refractivity contribution in [2.45, 2.75) is 9.10 Å². The summed E-state index contributed by atoms with van der Waals surface area (Å²) in [7, 11) is 0. The number of halogens is 1. The molecule has 0 radical (unpaired) electrons. The summed E-state index contributed by atoms with van der Waals surface area (Å²) in [4.78, 5) is 14.0. The molecule has 1 heterocycles. The van der Waals surface area contributed by atoms with Gasteiger partial charge in [-0.3, -0.25) is 9.78 Å². The average Bonchev–Trinajstić information content (AvgIpc) is 2.49. The van der Waals surface area contributed by atoms with Crippen LogP contribution in [-0.2, 0) is 0 Å². The molecule has 0 aliphatic rings. The number of nitrogens with one attached hydrogen (secondary N) is 1. The number of aromatic amines is 1. The molecular weight excluding hydrogens is 298 g/mol. The lowest BCUT2D eigenvalue weighted by Gasteiger charge is -1.98. The zero-order valence-corrected chi connectivity index (χ0v) is 10.6. The highest BCUT2D eigenvalue weighted by Gasteiger charge is 2.07. The van der Waals surface area contributed by atoms with Crippen LogP contribution in [0, 0.1) is 0 Å². The number of rotatable bonds is 2. The van der Waals surface area contributed by atoms with Gasteiger partial charge in [0.1, 0.15) is 4.21 Å². The molecule has 6 heteroatoms. The number of aromatic nitrogens is 1. The van der Waals surface area contributed by atoms with Crippen molar-refractivity contribution in [3.8, 4) is 5.88 Å². The van der Waals surface area contributed by atoms with Crippen molar-refractivity contribution in [1.29, 1.82) is 0 Å². The van der Waals surface area contributed by atoms with Crippen molar-refractivity contribution < 1.29 is 5.11 Å². The maximum Gasteiger partial charge on any atom is 0.308 e.